The molecule has 0 radical (unpaired) electrons. The molecule has 1 aliphatic rings. The molecule has 1 fully saturated rings. The summed E-state index contributed by atoms with van der Waals surface area (Å²) < 4.78 is 1.94. The van der Waals surface area contributed by atoms with E-state index in [1.54, 1.807) is 12.5 Å². The van der Waals surface area contributed by atoms with Crippen LogP contribution in [0.4, 0.5) is 16.2 Å². The van der Waals surface area contributed by atoms with Crippen LogP contribution in [0.3, 0.4) is 0 Å². The lowest BCUT2D eigenvalue weighted by atomic mass is 10.1. The van der Waals surface area contributed by atoms with Crippen LogP contribution in [0.1, 0.15) is 18.5 Å². The summed E-state index contributed by atoms with van der Waals surface area (Å²) in [5.74, 6) is 0. The number of amides is 2. The standard InChI is InChI=1S/C22H26N6O/c1-17(18-3-2-4-21(15-18)28-14-11-24-16-28)25-22(29)26-19-5-7-20(8-6-19)27-12-9-23-10-13-27/h2-8,11,14-17,23H,9-10,12-13H2,1H3,(H2,25,26,29). The molecular formula is C22H26N6O. The molecule has 0 aliphatic carbocycles. The molecule has 0 saturated carbocycles. The number of aromatic nitrogens is 2. The van der Waals surface area contributed by atoms with Crippen LogP contribution in [-0.2, 0) is 0 Å². The molecule has 2 heterocycles. The van der Waals surface area contributed by atoms with Crippen LogP contribution in [0, 0.1) is 0 Å². The number of piperazine rings is 1. The molecule has 1 saturated heterocycles. The summed E-state index contributed by atoms with van der Waals surface area (Å²) in [6.07, 6.45) is 5.40. The number of nitrogens with zero attached hydrogens (tertiary/aromatic N) is 3. The Balaban J connectivity index is 1.35. The highest BCUT2D eigenvalue weighted by atomic mass is 16.2. The van der Waals surface area contributed by atoms with Crippen molar-refractivity contribution >= 4 is 17.4 Å². The maximum absolute atomic E-state index is 12.4. The minimum atomic E-state index is -0.222. The van der Waals surface area contributed by atoms with E-state index in [-0.39, 0.29) is 12.1 Å². The second-order valence-electron chi connectivity index (χ2n) is 7.17. The zero-order chi connectivity index (χ0) is 20.1. The van der Waals surface area contributed by atoms with E-state index in [9.17, 15) is 4.79 Å². The number of rotatable bonds is 5. The number of imidazole rings is 1. The Morgan fingerprint density at radius 3 is 2.62 bits per heavy atom. The van der Waals surface area contributed by atoms with Gasteiger partial charge < -0.3 is 25.4 Å². The van der Waals surface area contributed by atoms with Gasteiger partial charge in [0.1, 0.15) is 0 Å². The van der Waals surface area contributed by atoms with Gasteiger partial charge in [0.25, 0.3) is 0 Å². The van der Waals surface area contributed by atoms with Crippen molar-refractivity contribution < 1.29 is 4.79 Å². The number of carbonyl (C=O) groups excluding carboxylic acids is 1. The van der Waals surface area contributed by atoms with Gasteiger partial charge >= 0.3 is 6.03 Å². The Kier molecular flexibility index (Phi) is 5.76. The van der Waals surface area contributed by atoms with Crippen molar-refractivity contribution in [1.29, 1.82) is 0 Å². The van der Waals surface area contributed by atoms with Gasteiger partial charge in [-0.2, -0.15) is 0 Å². The molecule has 1 aromatic heterocycles. The average molecular weight is 390 g/mol. The summed E-state index contributed by atoms with van der Waals surface area (Å²) in [4.78, 5) is 18.9. The molecule has 0 bridgehead atoms. The number of hydrogen-bond donors (Lipinski definition) is 3. The first-order valence-electron chi connectivity index (χ1n) is 9.90. The quantitative estimate of drug-likeness (QED) is 0.626. The fourth-order valence-electron chi connectivity index (χ4n) is 3.49. The molecule has 7 heteroatoms. The van der Waals surface area contributed by atoms with E-state index in [4.69, 9.17) is 0 Å². The van der Waals surface area contributed by atoms with E-state index in [0.717, 1.165) is 43.1 Å². The fraction of sp³-hybridized carbons (Fsp3) is 0.273. The van der Waals surface area contributed by atoms with Crippen LogP contribution in [0.2, 0.25) is 0 Å². The largest absolute Gasteiger partial charge is 0.369 e. The lowest BCUT2D eigenvalue weighted by molar-refractivity contribution is 0.249. The number of nitrogens with one attached hydrogen (secondary N) is 3. The second kappa shape index (κ2) is 8.79. The predicted octanol–water partition coefficient (Wildman–Crippen LogP) is 3.16. The molecule has 7 nitrogen and oxygen atoms in total. The summed E-state index contributed by atoms with van der Waals surface area (Å²) in [5, 5.41) is 9.27. The Labute approximate surface area is 170 Å². The molecule has 29 heavy (non-hydrogen) atoms. The first-order chi connectivity index (χ1) is 14.2. The monoisotopic (exact) mass is 390 g/mol. The molecule has 1 atom stereocenters. The van der Waals surface area contributed by atoms with Crippen LogP contribution in [0.5, 0.6) is 0 Å². The highest BCUT2D eigenvalue weighted by Crippen LogP contribution is 2.20. The van der Waals surface area contributed by atoms with Gasteiger partial charge in [0.15, 0.2) is 0 Å². The molecular weight excluding hydrogens is 364 g/mol. The van der Waals surface area contributed by atoms with E-state index >= 15 is 0 Å². The van der Waals surface area contributed by atoms with Crippen LogP contribution in [0.25, 0.3) is 5.69 Å². The molecule has 2 amide bonds. The fourth-order valence-corrected chi connectivity index (χ4v) is 3.49. The Morgan fingerprint density at radius 1 is 1.10 bits per heavy atom. The summed E-state index contributed by atoms with van der Waals surface area (Å²) in [6.45, 7) is 5.98. The predicted molar refractivity (Wildman–Crippen MR) is 116 cm³/mol. The lowest BCUT2D eigenvalue weighted by Crippen LogP contribution is -2.43. The van der Waals surface area contributed by atoms with E-state index in [0.29, 0.717) is 0 Å². The molecule has 150 valence electrons. The maximum atomic E-state index is 12.4. The molecule has 3 N–H and O–H groups in total. The SMILES string of the molecule is CC(NC(=O)Nc1ccc(N2CCNCC2)cc1)c1cccc(-n2ccnc2)c1. The van der Waals surface area contributed by atoms with Crippen molar-refractivity contribution in [3.63, 3.8) is 0 Å². The summed E-state index contributed by atoms with van der Waals surface area (Å²) in [5.41, 5.74) is 4.00. The van der Waals surface area contributed by atoms with Gasteiger partial charge in [-0.05, 0) is 48.9 Å². The van der Waals surface area contributed by atoms with E-state index in [2.05, 4.69) is 44.0 Å². The van der Waals surface area contributed by atoms with Crippen molar-refractivity contribution in [2.75, 3.05) is 36.4 Å². The first kappa shape index (κ1) is 19.0. The number of benzene rings is 2. The summed E-state index contributed by atoms with van der Waals surface area (Å²) in [6, 6.07) is 15.7. The van der Waals surface area contributed by atoms with Crippen molar-refractivity contribution in [3.8, 4) is 5.69 Å². The highest BCUT2D eigenvalue weighted by Gasteiger charge is 2.12. The Bertz CT molecular complexity index is 932. The second-order valence-corrected chi connectivity index (χ2v) is 7.17. The van der Waals surface area contributed by atoms with E-state index < -0.39 is 0 Å². The molecule has 4 rings (SSSR count). The van der Waals surface area contributed by atoms with Crippen LogP contribution in [-0.4, -0.2) is 41.8 Å². The minimum Gasteiger partial charge on any atom is -0.369 e. The van der Waals surface area contributed by atoms with Crippen molar-refractivity contribution in [3.05, 3.63) is 72.8 Å². The smallest absolute Gasteiger partial charge is 0.319 e. The lowest BCUT2D eigenvalue weighted by Gasteiger charge is -2.29. The van der Waals surface area contributed by atoms with Crippen LogP contribution >= 0.6 is 0 Å². The van der Waals surface area contributed by atoms with Gasteiger partial charge in [0.05, 0.1) is 12.4 Å². The van der Waals surface area contributed by atoms with Crippen LogP contribution < -0.4 is 20.9 Å². The van der Waals surface area contributed by atoms with Gasteiger partial charge in [-0.1, -0.05) is 12.1 Å². The number of urea groups is 1. The van der Waals surface area contributed by atoms with Gasteiger partial charge in [-0.3, -0.25) is 0 Å². The van der Waals surface area contributed by atoms with Gasteiger partial charge in [-0.15, -0.1) is 0 Å². The number of hydrogen-bond acceptors (Lipinski definition) is 4. The van der Waals surface area contributed by atoms with Crippen molar-refractivity contribution in [2.24, 2.45) is 0 Å². The molecule has 1 aliphatic heterocycles. The summed E-state index contributed by atoms with van der Waals surface area (Å²) >= 11 is 0. The normalized spacial score (nSPS) is 15.0. The number of carbonyl (C=O) groups is 1. The first-order valence-corrected chi connectivity index (χ1v) is 9.90. The third kappa shape index (κ3) is 4.75. The zero-order valence-corrected chi connectivity index (χ0v) is 16.5. The number of anilines is 2. The van der Waals surface area contributed by atoms with Crippen molar-refractivity contribution in [2.45, 2.75) is 13.0 Å². The Morgan fingerprint density at radius 2 is 1.90 bits per heavy atom. The molecule has 1 unspecified atom stereocenters. The average Bonchev–Trinajstić information content (AvgIpc) is 3.30. The minimum absolute atomic E-state index is 0.126. The van der Waals surface area contributed by atoms with Gasteiger partial charge in [0, 0.05) is 55.6 Å². The zero-order valence-electron chi connectivity index (χ0n) is 16.5. The highest BCUT2D eigenvalue weighted by molar-refractivity contribution is 5.89. The third-order valence-corrected chi connectivity index (χ3v) is 5.13. The van der Waals surface area contributed by atoms with Gasteiger partial charge in [0.2, 0.25) is 0 Å². The van der Waals surface area contributed by atoms with Crippen molar-refractivity contribution in [1.82, 2.24) is 20.2 Å². The third-order valence-electron chi connectivity index (χ3n) is 5.13. The Hall–Kier alpha value is -3.32. The topological polar surface area (TPSA) is 74.2 Å². The van der Waals surface area contributed by atoms with E-state index in [1.807, 2.05) is 48.0 Å². The maximum Gasteiger partial charge on any atom is 0.319 e. The van der Waals surface area contributed by atoms with E-state index in [1.165, 1.54) is 5.69 Å². The van der Waals surface area contributed by atoms with Gasteiger partial charge in [-0.25, -0.2) is 9.78 Å². The summed E-state index contributed by atoms with van der Waals surface area (Å²) in [7, 11) is 0. The molecule has 2 aromatic carbocycles. The molecule has 3 aromatic rings. The molecule has 0 spiro atoms. The van der Waals surface area contributed by atoms with Crippen LogP contribution in [0.15, 0.2) is 67.3 Å².